The van der Waals surface area contributed by atoms with Crippen molar-refractivity contribution in [3.05, 3.63) is 49.5 Å². The third kappa shape index (κ3) is 2.30. The minimum Gasteiger partial charge on any atom is -0.398 e. The van der Waals surface area contributed by atoms with E-state index in [2.05, 4.69) is 15.9 Å². The number of rotatable bonds is 2. The number of nitrogen functional groups attached to an aromatic ring is 1. The van der Waals surface area contributed by atoms with Gasteiger partial charge in [0.15, 0.2) is 0 Å². The predicted molar refractivity (Wildman–Crippen MR) is 66.2 cm³/mol. The van der Waals surface area contributed by atoms with Crippen LogP contribution in [0.15, 0.2) is 39.0 Å². The Kier molecular flexibility index (Phi) is 2.93. The van der Waals surface area contributed by atoms with Gasteiger partial charge in [0, 0.05) is 16.8 Å². The molecule has 2 aromatic rings. The summed E-state index contributed by atoms with van der Waals surface area (Å²) in [5.41, 5.74) is 6.19. The SMILES string of the molecule is Nc1cc(Br)c(=O)n(Cc2cccs2)c1. The topological polar surface area (TPSA) is 48.0 Å². The highest BCUT2D eigenvalue weighted by Gasteiger charge is 2.03. The first kappa shape index (κ1) is 10.4. The fourth-order valence-electron chi connectivity index (χ4n) is 1.31. The number of halogens is 1. The number of hydrogen-bond donors (Lipinski definition) is 1. The molecule has 0 amide bonds. The Morgan fingerprint density at radius 2 is 2.33 bits per heavy atom. The Balaban J connectivity index is 2.41. The van der Waals surface area contributed by atoms with Gasteiger partial charge < -0.3 is 10.3 Å². The van der Waals surface area contributed by atoms with Crippen LogP contribution in [0.4, 0.5) is 5.69 Å². The summed E-state index contributed by atoms with van der Waals surface area (Å²) in [6.07, 6.45) is 1.66. The summed E-state index contributed by atoms with van der Waals surface area (Å²) in [5, 5.41) is 1.99. The second kappa shape index (κ2) is 4.20. The molecule has 0 spiro atoms. The third-order valence-corrected chi connectivity index (χ3v) is 3.40. The van der Waals surface area contributed by atoms with Gasteiger partial charge in [0.1, 0.15) is 0 Å². The van der Waals surface area contributed by atoms with Gasteiger partial charge in [-0.3, -0.25) is 4.79 Å². The van der Waals surface area contributed by atoms with Crippen LogP contribution in [0.3, 0.4) is 0 Å². The Bertz CT molecular complexity index is 519. The summed E-state index contributed by atoms with van der Waals surface area (Å²) in [7, 11) is 0. The van der Waals surface area contributed by atoms with E-state index in [-0.39, 0.29) is 5.56 Å². The minimum absolute atomic E-state index is 0.0578. The number of hydrogen-bond acceptors (Lipinski definition) is 3. The maximum absolute atomic E-state index is 11.7. The molecule has 0 fully saturated rings. The maximum atomic E-state index is 11.7. The zero-order valence-electron chi connectivity index (χ0n) is 7.81. The van der Waals surface area contributed by atoms with Gasteiger partial charge >= 0.3 is 0 Å². The Morgan fingerprint density at radius 3 is 3.00 bits per heavy atom. The molecular formula is C10H9BrN2OS. The lowest BCUT2D eigenvalue weighted by Crippen LogP contribution is -2.20. The van der Waals surface area contributed by atoms with Crippen LogP contribution in [0.1, 0.15) is 4.88 Å². The summed E-state index contributed by atoms with van der Waals surface area (Å²) < 4.78 is 2.10. The molecule has 2 heterocycles. The zero-order chi connectivity index (χ0) is 10.8. The molecule has 15 heavy (non-hydrogen) atoms. The van der Waals surface area contributed by atoms with Gasteiger partial charge in [0.25, 0.3) is 5.56 Å². The summed E-state index contributed by atoms with van der Waals surface area (Å²) >= 11 is 4.81. The standard InChI is InChI=1S/C10H9BrN2OS/c11-9-4-7(12)5-13(10(9)14)6-8-2-1-3-15-8/h1-5H,6,12H2. The van der Waals surface area contributed by atoms with Crippen molar-refractivity contribution in [3.8, 4) is 0 Å². The van der Waals surface area contributed by atoms with Crippen LogP contribution < -0.4 is 11.3 Å². The molecular weight excluding hydrogens is 276 g/mol. The number of aromatic nitrogens is 1. The number of anilines is 1. The molecule has 0 aliphatic carbocycles. The first-order chi connectivity index (χ1) is 7.16. The highest BCUT2D eigenvalue weighted by Crippen LogP contribution is 2.12. The summed E-state index contributed by atoms with van der Waals surface area (Å²) in [5.74, 6) is 0. The van der Waals surface area contributed by atoms with Gasteiger partial charge in [-0.05, 0) is 33.4 Å². The molecule has 78 valence electrons. The molecule has 0 aliphatic rings. The molecule has 2 aromatic heterocycles. The molecule has 0 radical (unpaired) electrons. The average Bonchev–Trinajstić information content (AvgIpc) is 2.66. The molecule has 0 bridgehead atoms. The van der Waals surface area contributed by atoms with E-state index >= 15 is 0 Å². The van der Waals surface area contributed by atoms with E-state index < -0.39 is 0 Å². The number of nitrogens with two attached hydrogens (primary N) is 1. The lowest BCUT2D eigenvalue weighted by molar-refractivity contribution is 0.767. The van der Waals surface area contributed by atoms with Crippen LogP contribution in [-0.4, -0.2) is 4.57 Å². The highest BCUT2D eigenvalue weighted by molar-refractivity contribution is 9.10. The Labute approximate surface area is 99.3 Å². The van der Waals surface area contributed by atoms with E-state index in [9.17, 15) is 4.79 Å². The molecule has 0 atom stereocenters. The molecule has 0 unspecified atom stereocenters. The van der Waals surface area contributed by atoms with Crippen LogP contribution in [0.25, 0.3) is 0 Å². The van der Waals surface area contributed by atoms with Gasteiger partial charge in [-0.2, -0.15) is 0 Å². The maximum Gasteiger partial charge on any atom is 0.265 e. The van der Waals surface area contributed by atoms with E-state index in [0.717, 1.165) is 4.88 Å². The van der Waals surface area contributed by atoms with Gasteiger partial charge in [0.2, 0.25) is 0 Å². The van der Waals surface area contributed by atoms with Gasteiger partial charge in [-0.25, -0.2) is 0 Å². The van der Waals surface area contributed by atoms with Crippen molar-refractivity contribution in [2.75, 3.05) is 5.73 Å². The lowest BCUT2D eigenvalue weighted by Gasteiger charge is -2.05. The van der Waals surface area contributed by atoms with Crippen molar-refractivity contribution in [3.63, 3.8) is 0 Å². The van der Waals surface area contributed by atoms with Gasteiger partial charge in [-0.1, -0.05) is 6.07 Å². The Hall–Kier alpha value is -1.07. The quantitative estimate of drug-likeness (QED) is 0.920. The van der Waals surface area contributed by atoms with Crippen molar-refractivity contribution in [1.29, 1.82) is 0 Å². The van der Waals surface area contributed by atoms with Gasteiger partial charge in [0.05, 0.1) is 11.0 Å². The summed E-state index contributed by atoms with van der Waals surface area (Å²) in [6.45, 7) is 0.570. The Morgan fingerprint density at radius 1 is 1.53 bits per heavy atom. The largest absolute Gasteiger partial charge is 0.398 e. The second-order valence-electron chi connectivity index (χ2n) is 3.13. The molecule has 0 saturated carbocycles. The fourth-order valence-corrected chi connectivity index (χ4v) is 2.50. The number of nitrogens with zero attached hydrogens (tertiary/aromatic N) is 1. The van der Waals surface area contributed by atoms with E-state index in [0.29, 0.717) is 16.7 Å². The average molecular weight is 285 g/mol. The van der Waals surface area contributed by atoms with Crippen molar-refractivity contribution in [1.82, 2.24) is 4.57 Å². The van der Waals surface area contributed by atoms with Gasteiger partial charge in [-0.15, -0.1) is 11.3 Å². The van der Waals surface area contributed by atoms with Crippen LogP contribution in [0, 0.1) is 0 Å². The first-order valence-corrected chi connectivity index (χ1v) is 6.02. The molecule has 0 aliphatic heterocycles. The second-order valence-corrected chi connectivity index (χ2v) is 5.02. The van der Waals surface area contributed by atoms with Crippen LogP contribution in [0.2, 0.25) is 0 Å². The van der Waals surface area contributed by atoms with E-state index in [1.165, 1.54) is 0 Å². The van der Waals surface area contributed by atoms with Crippen molar-refractivity contribution >= 4 is 33.0 Å². The van der Waals surface area contributed by atoms with Crippen molar-refractivity contribution in [2.24, 2.45) is 0 Å². The first-order valence-electron chi connectivity index (χ1n) is 4.34. The summed E-state index contributed by atoms with van der Waals surface area (Å²) in [4.78, 5) is 12.8. The van der Waals surface area contributed by atoms with Crippen molar-refractivity contribution in [2.45, 2.75) is 6.54 Å². The lowest BCUT2D eigenvalue weighted by atomic mass is 10.4. The van der Waals surface area contributed by atoms with E-state index in [1.54, 1.807) is 28.2 Å². The molecule has 0 aromatic carbocycles. The zero-order valence-corrected chi connectivity index (χ0v) is 10.2. The molecule has 2 rings (SSSR count). The van der Waals surface area contributed by atoms with Crippen LogP contribution in [-0.2, 0) is 6.54 Å². The number of thiophene rings is 1. The third-order valence-electron chi connectivity index (χ3n) is 1.97. The molecule has 5 heteroatoms. The van der Waals surface area contributed by atoms with Crippen LogP contribution in [0.5, 0.6) is 0 Å². The highest BCUT2D eigenvalue weighted by atomic mass is 79.9. The molecule has 0 saturated heterocycles. The predicted octanol–water partition coefficient (Wildman–Crippen LogP) is 2.30. The minimum atomic E-state index is -0.0578. The monoisotopic (exact) mass is 284 g/mol. The van der Waals surface area contributed by atoms with E-state index in [1.807, 2.05) is 17.5 Å². The summed E-state index contributed by atoms with van der Waals surface area (Å²) in [6, 6.07) is 5.58. The normalized spacial score (nSPS) is 10.5. The fraction of sp³-hybridized carbons (Fsp3) is 0.100. The smallest absolute Gasteiger partial charge is 0.265 e. The van der Waals surface area contributed by atoms with Crippen molar-refractivity contribution < 1.29 is 0 Å². The van der Waals surface area contributed by atoms with E-state index in [4.69, 9.17) is 5.73 Å². The molecule has 3 nitrogen and oxygen atoms in total. The van der Waals surface area contributed by atoms with Crippen LogP contribution >= 0.6 is 27.3 Å². The number of pyridine rings is 1. The molecule has 2 N–H and O–H groups in total.